The maximum atomic E-state index is 10.8. The molecule has 0 saturated heterocycles. The van der Waals surface area contributed by atoms with Crippen molar-refractivity contribution in [1.82, 2.24) is 0 Å². The third kappa shape index (κ3) is 0.944. The number of hydrogen-bond acceptors (Lipinski definition) is 1. The van der Waals surface area contributed by atoms with Crippen LogP contribution < -0.4 is 0 Å². The van der Waals surface area contributed by atoms with E-state index in [0.717, 1.165) is 6.42 Å². The monoisotopic (exact) mass is 212 g/mol. The average molecular weight is 213 g/mol. The van der Waals surface area contributed by atoms with Gasteiger partial charge < -0.3 is 0 Å². The highest BCUT2D eigenvalue weighted by Crippen LogP contribution is 2.58. The number of alkyl halides is 2. The number of rotatable bonds is 1. The van der Waals surface area contributed by atoms with Crippen LogP contribution in [0.2, 0.25) is 0 Å². The van der Waals surface area contributed by atoms with Crippen LogP contribution in [0.25, 0.3) is 0 Å². The molecule has 2 bridgehead atoms. The zero-order valence-electron chi connectivity index (χ0n) is 5.64. The maximum Gasteiger partial charge on any atom is 0.225 e. The van der Waals surface area contributed by atoms with Crippen LogP contribution in [0, 0.1) is 17.8 Å². The van der Waals surface area contributed by atoms with Crippen molar-refractivity contribution >= 4 is 40.0 Å². The van der Waals surface area contributed by atoms with Gasteiger partial charge in [0.25, 0.3) is 0 Å². The fraction of sp³-hybridized carbons (Fsp3) is 0.857. The lowest BCUT2D eigenvalue weighted by molar-refractivity contribution is -0.120. The molecule has 62 valence electrons. The van der Waals surface area contributed by atoms with Gasteiger partial charge >= 0.3 is 0 Å². The number of fused-ring (bicyclic) bond motifs is 1. The molecule has 0 radical (unpaired) electrons. The minimum atomic E-state index is -0.264. The number of carbonyl (C=O) groups excluding carboxylic acids is 1. The third-order valence-corrected chi connectivity index (χ3v) is 4.42. The summed E-state index contributed by atoms with van der Waals surface area (Å²) in [5, 5.41) is -0.358. The van der Waals surface area contributed by atoms with E-state index in [1.807, 2.05) is 0 Å². The standard InChI is InChI=1S/C7H7Cl3O/c8-5-2-1-3(6(5)9)4(2)7(10)11/h2-6H,1H2. The van der Waals surface area contributed by atoms with Gasteiger partial charge in [0.15, 0.2) is 0 Å². The molecule has 0 amide bonds. The Morgan fingerprint density at radius 3 is 1.82 bits per heavy atom. The Morgan fingerprint density at radius 2 is 1.64 bits per heavy atom. The second-order valence-electron chi connectivity index (χ2n) is 3.28. The first-order chi connectivity index (χ1) is 5.13. The second kappa shape index (κ2) is 2.51. The zero-order valence-corrected chi connectivity index (χ0v) is 7.90. The molecule has 11 heavy (non-hydrogen) atoms. The number of carbonyl (C=O) groups is 1. The molecule has 0 N–H and O–H groups in total. The van der Waals surface area contributed by atoms with E-state index in [1.54, 1.807) is 0 Å². The summed E-state index contributed by atoms with van der Waals surface area (Å²) in [7, 11) is 0. The summed E-state index contributed by atoms with van der Waals surface area (Å²) >= 11 is 17.3. The molecular weight excluding hydrogens is 206 g/mol. The molecule has 4 heteroatoms. The second-order valence-corrected chi connectivity index (χ2v) is 4.66. The molecule has 1 nitrogen and oxygen atoms in total. The normalized spacial score (nSPS) is 53.9. The summed E-state index contributed by atoms with van der Waals surface area (Å²) < 4.78 is 0. The molecule has 0 aromatic rings. The first-order valence-corrected chi connectivity index (χ1v) is 4.85. The maximum absolute atomic E-state index is 10.8. The van der Waals surface area contributed by atoms with Crippen LogP contribution in [0.15, 0.2) is 0 Å². The molecule has 0 spiro atoms. The fourth-order valence-corrected chi connectivity index (χ4v) is 3.41. The van der Waals surface area contributed by atoms with Gasteiger partial charge in [-0.25, -0.2) is 0 Å². The lowest BCUT2D eigenvalue weighted by atomic mass is 9.73. The number of hydrogen-bond donors (Lipinski definition) is 0. The van der Waals surface area contributed by atoms with Crippen molar-refractivity contribution in [3.05, 3.63) is 0 Å². The third-order valence-electron chi connectivity index (χ3n) is 2.85. The Hall–Kier alpha value is 0.540. The van der Waals surface area contributed by atoms with Crippen molar-refractivity contribution in [3.8, 4) is 0 Å². The topological polar surface area (TPSA) is 17.1 Å². The molecule has 4 atom stereocenters. The Labute approximate surface area is 80.0 Å². The summed E-state index contributed by atoms with van der Waals surface area (Å²) in [5.41, 5.74) is 0. The lowest BCUT2D eigenvalue weighted by Gasteiger charge is -2.32. The summed E-state index contributed by atoms with van der Waals surface area (Å²) in [4.78, 5) is 10.8. The quantitative estimate of drug-likeness (QED) is 0.482. The summed E-state index contributed by atoms with van der Waals surface area (Å²) in [6.07, 6.45) is 0.978. The van der Waals surface area contributed by atoms with E-state index >= 15 is 0 Å². The van der Waals surface area contributed by atoms with Gasteiger partial charge in [0, 0.05) is 5.92 Å². The van der Waals surface area contributed by atoms with Crippen molar-refractivity contribution in [1.29, 1.82) is 0 Å². The van der Waals surface area contributed by atoms with Crippen molar-refractivity contribution in [2.24, 2.45) is 17.8 Å². The molecule has 0 heterocycles. The van der Waals surface area contributed by atoms with Crippen LogP contribution in [0.4, 0.5) is 0 Å². The van der Waals surface area contributed by atoms with Gasteiger partial charge in [-0.15, -0.1) is 23.2 Å². The smallest absolute Gasteiger partial charge is 0.225 e. The Kier molecular flexibility index (Phi) is 1.86. The van der Waals surface area contributed by atoms with Gasteiger partial charge in [0.1, 0.15) is 0 Å². The molecule has 3 fully saturated rings. The highest BCUT2D eigenvalue weighted by molar-refractivity contribution is 6.64. The lowest BCUT2D eigenvalue weighted by Crippen LogP contribution is -2.34. The van der Waals surface area contributed by atoms with E-state index in [-0.39, 0.29) is 33.8 Å². The fourth-order valence-electron chi connectivity index (χ4n) is 2.19. The molecule has 3 rings (SSSR count). The van der Waals surface area contributed by atoms with Crippen molar-refractivity contribution in [2.75, 3.05) is 0 Å². The van der Waals surface area contributed by atoms with Crippen LogP contribution in [0.3, 0.4) is 0 Å². The predicted molar refractivity (Wildman–Crippen MR) is 45.2 cm³/mol. The van der Waals surface area contributed by atoms with Gasteiger partial charge in [-0.05, 0) is 29.9 Å². The van der Waals surface area contributed by atoms with Crippen LogP contribution in [-0.2, 0) is 4.79 Å². The van der Waals surface area contributed by atoms with Crippen LogP contribution in [-0.4, -0.2) is 16.0 Å². The zero-order chi connectivity index (χ0) is 8.17. The molecule has 4 unspecified atom stereocenters. The minimum absolute atomic E-state index is 0.0469. The number of halogens is 3. The van der Waals surface area contributed by atoms with Gasteiger partial charge in [0.05, 0.1) is 10.8 Å². The van der Waals surface area contributed by atoms with Gasteiger partial charge in [0.2, 0.25) is 5.24 Å². The summed E-state index contributed by atoms with van der Waals surface area (Å²) in [5.74, 6) is 0.435. The van der Waals surface area contributed by atoms with E-state index < -0.39 is 0 Å². The van der Waals surface area contributed by atoms with E-state index in [0.29, 0.717) is 0 Å². The van der Waals surface area contributed by atoms with Crippen LogP contribution in [0.5, 0.6) is 0 Å². The van der Waals surface area contributed by atoms with E-state index in [1.165, 1.54) is 0 Å². The van der Waals surface area contributed by atoms with Gasteiger partial charge in [-0.2, -0.15) is 0 Å². The molecular formula is C7H7Cl3O. The molecule has 0 aliphatic heterocycles. The van der Waals surface area contributed by atoms with Crippen molar-refractivity contribution < 1.29 is 4.79 Å². The van der Waals surface area contributed by atoms with E-state index in [2.05, 4.69) is 0 Å². The van der Waals surface area contributed by atoms with Gasteiger partial charge in [-0.3, -0.25) is 4.79 Å². The minimum Gasteiger partial charge on any atom is -0.281 e. The Balaban J connectivity index is 2.17. The van der Waals surface area contributed by atoms with Crippen LogP contribution >= 0.6 is 34.8 Å². The average Bonchev–Trinajstić information content (AvgIpc) is 2.17. The first-order valence-electron chi connectivity index (χ1n) is 3.60. The molecule has 0 aromatic heterocycles. The summed E-state index contributed by atoms with van der Waals surface area (Å²) in [6.45, 7) is 0. The van der Waals surface area contributed by atoms with E-state index in [9.17, 15) is 4.79 Å². The Bertz CT molecular complexity index is 192. The largest absolute Gasteiger partial charge is 0.281 e. The summed E-state index contributed by atoms with van der Waals surface area (Å²) in [6, 6.07) is 0. The SMILES string of the molecule is O=C(Cl)C1C2CC1C(Cl)C2Cl. The first kappa shape index (κ1) is 8.15. The van der Waals surface area contributed by atoms with Crippen molar-refractivity contribution in [2.45, 2.75) is 17.2 Å². The molecule has 3 aliphatic rings. The van der Waals surface area contributed by atoms with Crippen LogP contribution in [0.1, 0.15) is 6.42 Å². The van der Waals surface area contributed by atoms with Gasteiger partial charge in [-0.1, -0.05) is 0 Å². The molecule has 3 saturated carbocycles. The highest BCUT2D eigenvalue weighted by Gasteiger charge is 2.60. The van der Waals surface area contributed by atoms with Crippen molar-refractivity contribution in [3.63, 3.8) is 0 Å². The predicted octanol–water partition coefficient (Wildman–Crippen LogP) is 2.23. The molecule has 0 aromatic carbocycles. The molecule has 3 aliphatic carbocycles. The Morgan fingerprint density at radius 1 is 1.18 bits per heavy atom. The highest BCUT2D eigenvalue weighted by atomic mass is 35.5. The van der Waals surface area contributed by atoms with E-state index in [4.69, 9.17) is 34.8 Å².